The minimum absolute atomic E-state index is 0.196. The van der Waals surface area contributed by atoms with Gasteiger partial charge in [-0.2, -0.15) is 0 Å². The van der Waals surface area contributed by atoms with E-state index in [1.807, 2.05) is 6.07 Å². The van der Waals surface area contributed by atoms with Crippen molar-refractivity contribution in [2.45, 2.75) is 30.7 Å². The molecule has 2 rings (SSSR count). The number of piperidine rings is 1. The second-order valence-electron chi connectivity index (χ2n) is 4.64. The summed E-state index contributed by atoms with van der Waals surface area (Å²) in [6.45, 7) is 3.76. The highest BCUT2D eigenvalue weighted by Crippen LogP contribution is 2.23. The third-order valence-electron chi connectivity index (χ3n) is 3.29. The Kier molecular flexibility index (Phi) is 3.89. The van der Waals surface area contributed by atoms with E-state index in [0.29, 0.717) is 11.6 Å². The minimum Gasteiger partial charge on any atom is -0.382 e. The highest BCUT2D eigenvalue weighted by molar-refractivity contribution is 7.89. The Balaban J connectivity index is 2.23. The fourth-order valence-electron chi connectivity index (χ4n) is 2.27. The first-order chi connectivity index (χ1) is 8.48. The van der Waals surface area contributed by atoms with Crippen molar-refractivity contribution in [2.24, 2.45) is 5.14 Å². The van der Waals surface area contributed by atoms with Gasteiger partial charge in [0, 0.05) is 11.7 Å². The van der Waals surface area contributed by atoms with Crippen LogP contribution >= 0.6 is 0 Å². The molecule has 1 aliphatic rings. The number of primary sulfonamides is 1. The van der Waals surface area contributed by atoms with Crippen LogP contribution in [-0.2, 0) is 10.0 Å². The summed E-state index contributed by atoms with van der Waals surface area (Å²) in [6.07, 6.45) is 2.08. The van der Waals surface area contributed by atoms with Crippen LogP contribution in [0.2, 0.25) is 0 Å². The number of benzene rings is 1. The number of anilines is 1. The molecule has 0 radical (unpaired) electrons. The van der Waals surface area contributed by atoms with Crippen LogP contribution in [0, 0.1) is 6.92 Å². The fraction of sp³-hybridized carbons (Fsp3) is 0.500. The van der Waals surface area contributed by atoms with Gasteiger partial charge in [-0.3, -0.25) is 0 Å². The number of hydrogen-bond donors (Lipinski definition) is 3. The summed E-state index contributed by atoms with van der Waals surface area (Å²) in [4.78, 5) is 0.196. The lowest BCUT2D eigenvalue weighted by Crippen LogP contribution is -2.35. The third-order valence-corrected chi connectivity index (χ3v) is 4.34. The maximum atomic E-state index is 11.4. The summed E-state index contributed by atoms with van der Waals surface area (Å²) in [5.74, 6) is 0. The molecule has 1 aromatic rings. The van der Waals surface area contributed by atoms with Crippen molar-refractivity contribution in [2.75, 3.05) is 18.4 Å². The van der Waals surface area contributed by atoms with Crippen LogP contribution in [-0.4, -0.2) is 27.5 Å². The van der Waals surface area contributed by atoms with Gasteiger partial charge in [-0.1, -0.05) is 6.07 Å². The summed E-state index contributed by atoms with van der Waals surface area (Å²) >= 11 is 0. The van der Waals surface area contributed by atoms with Crippen LogP contribution in [0.25, 0.3) is 0 Å². The minimum atomic E-state index is -3.65. The van der Waals surface area contributed by atoms with E-state index in [1.54, 1.807) is 13.0 Å². The van der Waals surface area contributed by atoms with Gasteiger partial charge in [-0.15, -0.1) is 0 Å². The van der Waals surface area contributed by atoms with E-state index in [-0.39, 0.29) is 4.90 Å². The molecule has 1 saturated heterocycles. The molecule has 6 heteroatoms. The summed E-state index contributed by atoms with van der Waals surface area (Å²) < 4.78 is 22.9. The van der Waals surface area contributed by atoms with E-state index in [0.717, 1.165) is 31.6 Å². The maximum absolute atomic E-state index is 11.4. The predicted octanol–water partition coefficient (Wildman–Crippen LogP) is 0.806. The molecule has 1 aliphatic heterocycles. The molecule has 0 unspecified atom stereocenters. The zero-order chi connectivity index (χ0) is 13.2. The molecule has 0 bridgehead atoms. The Hall–Kier alpha value is -1.11. The molecular formula is C12H19N3O2S. The van der Waals surface area contributed by atoms with E-state index in [4.69, 9.17) is 5.14 Å². The van der Waals surface area contributed by atoms with E-state index in [2.05, 4.69) is 10.6 Å². The number of sulfonamides is 1. The lowest BCUT2D eigenvalue weighted by atomic mass is 10.1. The van der Waals surface area contributed by atoms with E-state index >= 15 is 0 Å². The van der Waals surface area contributed by atoms with Crippen LogP contribution in [0.15, 0.2) is 23.1 Å². The number of hydrogen-bond acceptors (Lipinski definition) is 4. The first-order valence-corrected chi connectivity index (χ1v) is 7.63. The van der Waals surface area contributed by atoms with Gasteiger partial charge in [0.25, 0.3) is 0 Å². The summed E-state index contributed by atoms with van der Waals surface area (Å²) in [5, 5.41) is 11.9. The normalized spacial score (nSPS) is 17.7. The maximum Gasteiger partial charge on any atom is 0.238 e. The van der Waals surface area contributed by atoms with Crippen molar-refractivity contribution in [3.05, 3.63) is 23.8 Å². The van der Waals surface area contributed by atoms with Gasteiger partial charge in [-0.05, 0) is 50.6 Å². The molecule has 0 amide bonds. The molecule has 5 nitrogen and oxygen atoms in total. The molecule has 1 fully saturated rings. The molecule has 0 spiro atoms. The van der Waals surface area contributed by atoms with Crippen molar-refractivity contribution in [1.82, 2.24) is 5.32 Å². The second-order valence-corrected chi connectivity index (χ2v) is 6.17. The van der Waals surface area contributed by atoms with E-state index in [9.17, 15) is 8.42 Å². The van der Waals surface area contributed by atoms with Crippen LogP contribution in [0.5, 0.6) is 0 Å². The average Bonchev–Trinajstić information content (AvgIpc) is 2.32. The summed E-state index contributed by atoms with van der Waals surface area (Å²) in [5.41, 5.74) is 1.55. The van der Waals surface area contributed by atoms with Crippen molar-refractivity contribution in [3.63, 3.8) is 0 Å². The third kappa shape index (κ3) is 3.01. The molecule has 0 aromatic heterocycles. The smallest absolute Gasteiger partial charge is 0.238 e. The standard InChI is InChI=1S/C12H19N3O2S/c1-9-11(15-10-5-7-14-8-6-10)3-2-4-12(9)18(13,16)17/h2-4,10,14-15H,5-8H2,1H3,(H2,13,16,17). The summed E-state index contributed by atoms with van der Waals surface area (Å²) in [7, 11) is -3.65. The van der Waals surface area contributed by atoms with Crippen molar-refractivity contribution >= 4 is 15.7 Å². The van der Waals surface area contributed by atoms with Gasteiger partial charge in [0.1, 0.15) is 0 Å². The fourth-order valence-corrected chi connectivity index (χ4v) is 3.07. The topological polar surface area (TPSA) is 84.2 Å². The van der Waals surface area contributed by atoms with Gasteiger partial charge >= 0.3 is 0 Å². The first kappa shape index (κ1) is 13.3. The quantitative estimate of drug-likeness (QED) is 0.758. The highest BCUT2D eigenvalue weighted by Gasteiger charge is 2.17. The van der Waals surface area contributed by atoms with Gasteiger partial charge in [0.15, 0.2) is 0 Å². The Morgan fingerprint density at radius 1 is 1.33 bits per heavy atom. The van der Waals surface area contributed by atoms with Gasteiger partial charge < -0.3 is 10.6 Å². The Morgan fingerprint density at radius 3 is 2.61 bits per heavy atom. The molecule has 0 atom stereocenters. The molecule has 1 aromatic carbocycles. The molecule has 1 heterocycles. The van der Waals surface area contributed by atoms with Crippen molar-refractivity contribution in [3.8, 4) is 0 Å². The molecular weight excluding hydrogens is 250 g/mol. The predicted molar refractivity (Wildman–Crippen MR) is 72.1 cm³/mol. The van der Waals surface area contributed by atoms with Crippen molar-refractivity contribution < 1.29 is 8.42 Å². The monoisotopic (exact) mass is 269 g/mol. The Morgan fingerprint density at radius 2 is 2.00 bits per heavy atom. The molecule has 100 valence electrons. The lowest BCUT2D eigenvalue weighted by molar-refractivity contribution is 0.479. The van der Waals surface area contributed by atoms with E-state index in [1.165, 1.54) is 6.07 Å². The molecule has 18 heavy (non-hydrogen) atoms. The van der Waals surface area contributed by atoms with Gasteiger partial charge in [0.05, 0.1) is 4.90 Å². The summed E-state index contributed by atoms with van der Waals surface area (Å²) in [6, 6.07) is 5.54. The first-order valence-electron chi connectivity index (χ1n) is 6.08. The van der Waals surface area contributed by atoms with Crippen LogP contribution in [0.1, 0.15) is 18.4 Å². The van der Waals surface area contributed by atoms with E-state index < -0.39 is 10.0 Å². The zero-order valence-electron chi connectivity index (χ0n) is 10.4. The van der Waals surface area contributed by atoms with Gasteiger partial charge in [0.2, 0.25) is 10.0 Å². The second kappa shape index (κ2) is 5.26. The zero-order valence-corrected chi connectivity index (χ0v) is 11.3. The SMILES string of the molecule is Cc1c(NC2CCNCC2)cccc1S(N)(=O)=O. The van der Waals surface area contributed by atoms with Crippen molar-refractivity contribution in [1.29, 1.82) is 0 Å². The molecule has 0 saturated carbocycles. The highest BCUT2D eigenvalue weighted by atomic mass is 32.2. The Bertz CT molecular complexity index is 522. The molecule has 4 N–H and O–H groups in total. The van der Waals surface area contributed by atoms with Crippen LogP contribution in [0.3, 0.4) is 0 Å². The number of nitrogens with one attached hydrogen (secondary N) is 2. The average molecular weight is 269 g/mol. The number of nitrogens with two attached hydrogens (primary N) is 1. The lowest BCUT2D eigenvalue weighted by Gasteiger charge is -2.25. The molecule has 0 aliphatic carbocycles. The largest absolute Gasteiger partial charge is 0.382 e. The van der Waals surface area contributed by atoms with Gasteiger partial charge in [-0.25, -0.2) is 13.6 Å². The van der Waals surface area contributed by atoms with Crippen LogP contribution < -0.4 is 15.8 Å². The Labute approximate surface area is 108 Å². The number of rotatable bonds is 3. The van der Waals surface area contributed by atoms with Crippen LogP contribution in [0.4, 0.5) is 5.69 Å².